The molecule has 0 saturated carbocycles. The molecule has 0 bridgehead atoms. The first kappa shape index (κ1) is 14.6. The SMILES string of the molecule is C#CC1=CCC(C(C#N)CCCC(F)(F)F)CC1. The van der Waals surface area contributed by atoms with Crippen molar-refractivity contribution in [2.24, 2.45) is 11.8 Å². The molecule has 0 fully saturated rings. The number of hydrogen-bond donors (Lipinski definition) is 0. The van der Waals surface area contributed by atoms with E-state index in [0.717, 1.165) is 18.4 Å². The van der Waals surface area contributed by atoms with Crippen LogP contribution in [0.3, 0.4) is 0 Å². The average molecular weight is 255 g/mol. The zero-order chi connectivity index (χ0) is 13.6. The molecule has 0 radical (unpaired) electrons. The highest BCUT2D eigenvalue weighted by Gasteiger charge is 2.28. The number of terminal acetylenes is 1. The van der Waals surface area contributed by atoms with Crippen molar-refractivity contribution in [3.05, 3.63) is 11.6 Å². The second-order valence-corrected chi connectivity index (χ2v) is 4.65. The van der Waals surface area contributed by atoms with Gasteiger partial charge in [0.2, 0.25) is 0 Å². The Kier molecular flexibility index (Phi) is 5.28. The van der Waals surface area contributed by atoms with Gasteiger partial charge in [0.15, 0.2) is 0 Å². The molecule has 0 aliphatic heterocycles. The highest BCUT2D eigenvalue weighted by atomic mass is 19.4. The van der Waals surface area contributed by atoms with Gasteiger partial charge in [-0.3, -0.25) is 0 Å². The second kappa shape index (κ2) is 6.50. The van der Waals surface area contributed by atoms with Crippen LogP contribution in [0.4, 0.5) is 13.2 Å². The normalized spacial score (nSPS) is 21.6. The van der Waals surface area contributed by atoms with E-state index in [9.17, 15) is 13.2 Å². The van der Waals surface area contributed by atoms with Crippen LogP contribution in [0.2, 0.25) is 0 Å². The highest BCUT2D eigenvalue weighted by Crippen LogP contribution is 2.33. The van der Waals surface area contributed by atoms with E-state index in [2.05, 4.69) is 12.0 Å². The molecule has 1 aliphatic rings. The molecule has 1 rings (SSSR count). The number of rotatable bonds is 4. The van der Waals surface area contributed by atoms with E-state index in [1.807, 2.05) is 6.08 Å². The monoisotopic (exact) mass is 255 g/mol. The van der Waals surface area contributed by atoms with Gasteiger partial charge in [-0.1, -0.05) is 12.0 Å². The van der Waals surface area contributed by atoms with Gasteiger partial charge in [-0.15, -0.1) is 6.42 Å². The average Bonchev–Trinajstić information content (AvgIpc) is 2.34. The maximum Gasteiger partial charge on any atom is 0.389 e. The summed E-state index contributed by atoms with van der Waals surface area (Å²) in [5, 5.41) is 9.04. The van der Waals surface area contributed by atoms with Crippen molar-refractivity contribution >= 4 is 0 Å². The standard InChI is InChI=1S/C14H16F3N/c1-2-11-5-7-12(8-6-11)13(10-18)4-3-9-14(15,16)17/h1,5,12-13H,3-4,6-9H2. The highest BCUT2D eigenvalue weighted by molar-refractivity contribution is 5.27. The van der Waals surface area contributed by atoms with Gasteiger partial charge in [0.05, 0.1) is 6.07 Å². The molecule has 0 aromatic rings. The summed E-state index contributed by atoms with van der Waals surface area (Å²) in [6, 6.07) is 2.14. The van der Waals surface area contributed by atoms with Crippen molar-refractivity contribution < 1.29 is 13.2 Å². The first-order valence-corrected chi connectivity index (χ1v) is 6.08. The minimum Gasteiger partial charge on any atom is -0.198 e. The Morgan fingerprint density at radius 2 is 2.22 bits per heavy atom. The molecule has 0 spiro atoms. The Balaban J connectivity index is 2.42. The lowest BCUT2D eigenvalue weighted by Gasteiger charge is -2.24. The molecule has 0 N–H and O–H groups in total. The number of nitrogens with zero attached hydrogens (tertiary/aromatic N) is 1. The molecule has 0 aromatic carbocycles. The van der Waals surface area contributed by atoms with E-state index < -0.39 is 12.6 Å². The van der Waals surface area contributed by atoms with Crippen LogP contribution < -0.4 is 0 Å². The molecule has 0 amide bonds. The number of halogens is 3. The van der Waals surface area contributed by atoms with Gasteiger partial charge >= 0.3 is 6.18 Å². The van der Waals surface area contributed by atoms with Gasteiger partial charge in [-0.25, -0.2) is 0 Å². The zero-order valence-corrected chi connectivity index (χ0v) is 10.1. The summed E-state index contributed by atoms with van der Waals surface area (Å²) >= 11 is 0. The topological polar surface area (TPSA) is 23.8 Å². The second-order valence-electron chi connectivity index (χ2n) is 4.65. The van der Waals surface area contributed by atoms with Crippen LogP contribution in [0.25, 0.3) is 0 Å². The predicted octanol–water partition coefficient (Wildman–Crippen LogP) is 4.22. The minimum atomic E-state index is -4.12. The summed E-state index contributed by atoms with van der Waals surface area (Å²) in [4.78, 5) is 0. The Bertz CT molecular complexity index is 381. The first-order chi connectivity index (χ1) is 8.46. The Hall–Kier alpha value is -1.42. The van der Waals surface area contributed by atoms with E-state index in [4.69, 9.17) is 11.7 Å². The third-order valence-electron chi connectivity index (χ3n) is 3.35. The first-order valence-electron chi connectivity index (χ1n) is 6.08. The fourth-order valence-corrected chi connectivity index (χ4v) is 2.28. The van der Waals surface area contributed by atoms with Crippen LogP contribution in [0.5, 0.6) is 0 Å². The molecule has 1 aliphatic carbocycles. The summed E-state index contributed by atoms with van der Waals surface area (Å²) in [6.07, 6.45) is 4.92. The van der Waals surface area contributed by atoms with E-state index >= 15 is 0 Å². The number of nitriles is 1. The van der Waals surface area contributed by atoms with E-state index in [1.165, 1.54) is 0 Å². The fourth-order valence-electron chi connectivity index (χ4n) is 2.28. The summed E-state index contributed by atoms with van der Waals surface area (Å²) < 4.78 is 36.1. The quantitative estimate of drug-likeness (QED) is 0.690. The molecule has 0 saturated heterocycles. The van der Waals surface area contributed by atoms with E-state index in [0.29, 0.717) is 12.8 Å². The minimum absolute atomic E-state index is 0.0317. The van der Waals surface area contributed by atoms with Gasteiger partial charge < -0.3 is 0 Å². The lowest BCUT2D eigenvalue weighted by molar-refractivity contribution is -0.136. The third-order valence-corrected chi connectivity index (χ3v) is 3.35. The molecule has 1 nitrogen and oxygen atoms in total. The van der Waals surface area contributed by atoms with Crippen LogP contribution in [-0.4, -0.2) is 6.18 Å². The van der Waals surface area contributed by atoms with Crippen molar-refractivity contribution in [2.45, 2.75) is 44.7 Å². The van der Waals surface area contributed by atoms with Crippen LogP contribution in [0, 0.1) is 35.5 Å². The molecule has 0 heterocycles. The van der Waals surface area contributed by atoms with Crippen molar-refractivity contribution in [1.82, 2.24) is 0 Å². The molecule has 2 unspecified atom stereocenters. The summed E-state index contributed by atoms with van der Waals surface area (Å²) in [7, 11) is 0. The third kappa shape index (κ3) is 4.84. The van der Waals surface area contributed by atoms with Crippen molar-refractivity contribution in [3.63, 3.8) is 0 Å². The number of hydrogen-bond acceptors (Lipinski definition) is 1. The molecular formula is C14H16F3N. The van der Waals surface area contributed by atoms with Gasteiger partial charge in [0.1, 0.15) is 0 Å². The van der Waals surface area contributed by atoms with Crippen LogP contribution in [0.1, 0.15) is 38.5 Å². The lowest BCUT2D eigenvalue weighted by atomic mass is 9.79. The smallest absolute Gasteiger partial charge is 0.198 e. The number of allylic oxidation sites excluding steroid dienone is 2. The molecule has 2 atom stereocenters. The molecule has 18 heavy (non-hydrogen) atoms. The Labute approximate surface area is 106 Å². The van der Waals surface area contributed by atoms with Crippen LogP contribution >= 0.6 is 0 Å². The van der Waals surface area contributed by atoms with Gasteiger partial charge in [0.25, 0.3) is 0 Å². The van der Waals surface area contributed by atoms with Crippen LogP contribution in [-0.2, 0) is 0 Å². The maximum absolute atomic E-state index is 12.0. The fraction of sp³-hybridized carbons (Fsp3) is 0.643. The summed E-state index contributed by atoms with van der Waals surface area (Å²) in [6.45, 7) is 0. The molecule has 0 aromatic heterocycles. The van der Waals surface area contributed by atoms with Gasteiger partial charge in [-0.2, -0.15) is 18.4 Å². The van der Waals surface area contributed by atoms with E-state index in [-0.39, 0.29) is 18.3 Å². The Morgan fingerprint density at radius 1 is 1.50 bits per heavy atom. The van der Waals surface area contributed by atoms with Crippen molar-refractivity contribution in [1.29, 1.82) is 5.26 Å². The molecule has 4 heteroatoms. The van der Waals surface area contributed by atoms with Crippen molar-refractivity contribution in [2.75, 3.05) is 0 Å². The number of alkyl halides is 3. The predicted molar refractivity (Wildman–Crippen MR) is 63.3 cm³/mol. The van der Waals surface area contributed by atoms with Gasteiger partial charge in [-0.05, 0) is 43.6 Å². The lowest BCUT2D eigenvalue weighted by Crippen LogP contribution is -2.17. The largest absolute Gasteiger partial charge is 0.389 e. The molecule has 98 valence electrons. The maximum atomic E-state index is 12.0. The van der Waals surface area contributed by atoms with Gasteiger partial charge in [0, 0.05) is 12.3 Å². The summed E-state index contributed by atoms with van der Waals surface area (Å²) in [5.41, 5.74) is 0.943. The molecular weight excluding hydrogens is 239 g/mol. The van der Waals surface area contributed by atoms with E-state index in [1.54, 1.807) is 0 Å². The summed E-state index contributed by atoms with van der Waals surface area (Å²) in [5.74, 6) is 2.44. The van der Waals surface area contributed by atoms with Crippen LogP contribution in [0.15, 0.2) is 11.6 Å². The van der Waals surface area contributed by atoms with Crippen molar-refractivity contribution in [3.8, 4) is 18.4 Å². The zero-order valence-electron chi connectivity index (χ0n) is 10.1. The Morgan fingerprint density at radius 3 is 2.67 bits per heavy atom.